The summed E-state index contributed by atoms with van der Waals surface area (Å²) in [5.74, 6) is 0. The molecule has 108 valence electrons. The summed E-state index contributed by atoms with van der Waals surface area (Å²) in [5, 5.41) is 7.96. The van der Waals surface area contributed by atoms with Crippen LogP contribution < -0.4 is 10.2 Å². The maximum absolute atomic E-state index is 4.51. The number of aromatic nitrogens is 2. The van der Waals surface area contributed by atoms with E-state index < -0.39 is 0 Å². The second-order valence-corrected chi connectivity index (χ2v) is 5.62. The van der Waals surface area contributed by atoms with Crippen LogP contribution in [0.25, 0.3) is 0 Å². The van der Waals surface area contributed by atoms with Crippen LogP contribution in [0.15, 0.2) is 30.5 Å². The van der Waals surface area contributed by atoms with Gasteiger partial charge in [0, 0.05) is 38.6 Å². The molecule has 0 aliphatic heterocycles. The summed E-state index contributed by atoms with van der Waals surface area (Å²) in [6, 6.07) is 8.99. The second kappa shape index (κ2) is 5.99. The van der Waals surface area contributed by atoms with Gasteiger partial charge in [-0.3, -0.25) is 4.68 Å². The van der Waals surface area contributed by atoms with Gasteiger partial charge in [-0.05, 0) is 38.5 Å². The summed E-state index contributed by atoms with van der Waals surface area (Å²) >= 11 is 0. The Hall–Kier alpha value is -1.97. The average Bonchev–Trinajstić information content (AvgIpc) is 2.78. The van der Waals surface area contributed by atoms with E-state index in [2.05, 4.69) is 73.7 Å². The zero-order valence-corrected chi connectivity index (χ0v) is 13.0. The topological polar surface area (TPSA) is 33.1 Å². The van der Waals surface area contributed by atoms with E-state index in [0.717, 1.165) is 17.9 Å². The molecule has 1 heterocycles. The normalized spacial score (nSPS) is 10.9. The predicted octanol–water partition coefficient (Wildman–Crippen LogP) is 3.45. The molecule has 0 amide bonds. The highest BCUT2D eigenvalue weighted by molar-refractivity contribution is 5.49. The molecule has 0 bridgehead atoms. The molecule has 4 heteroatoms. The van der Waals surface area contributed by atoms with E-state index in [1.807, 2.05) is 11.6 Å². The van der Waals surface area contributed by atoms with E-state index in [4.69, 9.17) is 0 Å². The Kier molecular flexibility index (Phi) is 4.32. The van der Waals surface area contributed by atoms with Crippen molar-refractivity contribution in [3.8, 4) is 0 Å². The maximum Gasteiger partial charge on any atom is 0.0825 e. The zero-order valence-electron chi connectivity index (χ0n) is 13.0. The van der Waals surface area contributed by atoms with E-state index in [1.54, 1.807) is 0 Å². The van der Waals surface area contributed by atoms with Gasteiger partial charge in [0.25, 0.3) is 0 Å². The number of aryl methyl sites for hydroxylation is 1. The summed E-state index contributed by atoms with van der Waals surface area (Å²) in [7, 11) is 4.11. The SMILES string of the molecule is Cc1nn(C(C)C)cc1NCc1ccc(N(C)C)cc1. The van der Waals surface area contributed by atoms with Gasteiger partial charge < -0.3 is 10.2 Å². The van der Waals surface area contributed by atoms with Crippen LogP contribution >= 0.6 is 0 Å². The molecule has 0 atom stereocenters. The molecule has 1 N–H and O–H groups in total. The Morgan fingerprint density at radius 3 is 2.35 bits per heavy atom. The number of anilines is 2. The first kappa shape index (κ1) is 14.4. The predicted molar refractivity (Wildman–Crippen MR) is 85.4 cm³/mol. The highest BCUT2D eigenvalue weighted by Crippen LogP contribution is 2.18. The summed E-state index contributed by atoms with van der Waals surface area (Å²) in [6.07, 6.45) is 2.08. The van der Waals surface area contributed by atoms with Crippen molar-refractivity contribution in [3.05, 3.63) is 41.7 Å². The molecular weight excluding hydrogens is 248 g/mol. The second-order valence-electron chi connectivity index (χ2n) is 5.62. The van der Waals surface area contributed by atoms with E-state index in [-0.39, 0.29) is 0 Å². The number of nitrogens with zero attached hydrogens (tertiary/aromatic N) is 3. The molecule has 1 aromatic carbocycles. The first-order valence-corrected chi connectivity index (χ1v) is 7.03. The molecule has 1 aromatic heterocycles. The Labute approximate surface area is 121 Å². The molecule has 2 rings (SSSR count). The van der Waals surface area contributed by atoms with Gasteiger partial charge in [-0.1, -0.05) is 12.1 Å². The molecule has 2 aromatic rings. The summed E-state index contributed by atoms with van der Waals surface area (Å²) in [6.45, 7) is 7.13. The number of rotatable bonds is 5. The van der Waals surface area contributed by atoms with Crippen LogP contribution in [-0.2, 0) is 6.54 Å². The van der Waals surface area contributed by atoms with Crippen molar-refractivity contribution >= 4 is 11.4 Å². The Balaban J connectivity index is 2.01. The van der Waals surface area contributed by atoms with Gasteiger partial charge in [0.05, 0.1) is 11.4 Å². The smallest absolute Gasteiger partial charge is 0.0825 e. The number of benzene rings is 1. The maximum atomic E-state index is 4.51. The quantitative estimate of drug-likeness (QED) is 0.905. The molecule has 0 saturated heterocycles. The van der Waals surface area contributed by atoms with Crippen LogP contribution in [0, 0.1) is 6.92 Å². The van der Waals surface area contributed by atoms with Gasteiger partial charge in [-0.2, -0.15) is 5.10 Å². The van der Waals surface area contributed by atoms with Crippen LogP contribution in [0.3, 0.4) is 0 Å². The van der Waals surface area contributed by atoms with Crippen LogP contribution in [0.1, 0.15) is 31.1 Å². The minimum absolute atomic E-state index is 0.392. The van der Waals surface area contributed by atoms with E-state index in [1.165, 1.54) is 11.3 Å². The van der Waals surface area contributed by atoms with Gasteiger partial charge in [0.1, 0.15) is 0 Å². The number of hydrogen-bond acceptors (Lipinski definition) is 3. The molecule has 4 nitrogen and oxygen atoms in total. The van der Waals surface area contributed by atoms with Crippen LogP contribution in [0.5, 0.6) is 0 Å². The lowest BCUT2D eigenvalue weighted by Gasteiger charge is -2.13. The van der Waals surface area contributed by atoms with E-state index >= 15 is 0 Å². The van der Waals surface area contributed by atoms with Crippen LogP contribution in [0.4, 0.5) is 11.4 Å². The summed E-state index contributed by atoms with van der Waals surface area (Å²) < 4.78 is 1.99. The third-order valence-corrected chi connectivity index (χ3v) is 3.38. The molecule has 0 aliphatic rings. The van der Waals surface area contributed by atoms with Gasteiger partial charge in [0.2, 0.25) is 0 Å². The molecule has 0 saturated carbocycles. The molecular formula is C16H24N4. The zero-order chi connectivity index (χ0) is 14.7. The first-order chi connectivity index (χ1) is 9.47. The molecule has 0 fully saturated rings. The highest BCUT2D eigenvalue weighted by atomic mass is 15.3. The van der Waals surface area contributed by atoms with Crippen molar-refractivity contribution in [2.75, 3.05) is 24.3 Å². The van der Waals surface area contributed by atoms with Gasteiger partial charge in [-0.25, -0.2) is 0 Å². The Bertz CT molecular complexity index is 552. The van der Waals surface area contributed by atoms with Crippen molar-refractivity contribution in [2.24, 2.45) is 0 Å². The number of nitrogens with one attached hydrogen (secondary N) is 1. The lowest BCUT2D eigenvalue weighted by molar-refractivity contribution is 0.529. The average molecular weight is 272 g/mol. The van der Waals surface area contributed by atoms with Gasteiger partial charge >= 0.3 is 0 Å². The lowest BCUT2D eigenvalue weighted by Crippen LogP contribution is -2.08. The van der Waals surface area contributed by atoms with Crippen molar-refractivity contribution < 1.29 is 0 Å². The Morgan fingerprint density at radius 1 is 1.20 bits per heavy atom. The standard InChI is InChI=1S/C16H24N4/c1-12(2)20-11-16(13(3)18-20)17-10-14-6-8-15(9-7-14)19(4)5/h6-9,11-12,17H,10H2,1-5H3. The summed E-state index contributed by atoms with van der Waals surface area (Å²) in [4.78, 5) is 2.11. The monoisotopic (exact) mass is 272 g/mol. The van der Waals surface area contributed by atoms with Crippen molar-refractivity contribution in [1.82, 2.24) is 9.78 Å². The first-order valence-electron chi connectivity index (χ1n) is 7.03. The summed E-state index contributed by atoms with van der Waals surface area (Å²) in [5.41, 5.74) is 4.64. The minimum atomic E-state index is 0.392. The van der Waals surface area contributed by atoms with Gasteiger partial charge in [-0.15, -0.1) is 0 Å². The van der Waals surface area contributed by atoms with E-state index in [0.29, 0.717) is 6.04 Å². The van der Waals surface area contributed by atoms with Crippen molar-refractivity contribution in [3.63, 3.8) is 0 Å². The fourth-order valence-corrected chi connectivity index (χ4v) is 2.03. The third kappa shape index (κ3) is 3.32. The van der Waals surface area contributed by atoms with Crippen LogP contribution in [-0.4, -0.2) is 23.9 Å². The highest BCUT2D eigenvalue weighted by Gasteiger charge is 2.06. The van der Waals surface area contributed by atoms with Gasteiger partial charge in [0.15, 0.2) is 0 Å². The van der Waals surface area contributed by atoms with Crippen molar-refractivity contribution in [1.29, 1.82) is 0 Å². The molecule has 0 aliphatic carbocycles. The fraction of sp³-hybridized carbons (Fsp3) is 0.438. The molecule has 20 heavy (non-hydrogen) atoms. The number of hydrogen-bond donors (Lipinski definition) is 1. The fourth-order valence-electron chi connectivity index (χ4n) is 2.03. The molecule has 0 radical (unpaired) electrons. The van der Waals surface area contributed by atoms with Crippen molar-refractivity contribution in [2.45, 2.75) is 33.4 Å². The third-order valence-electron chi connectivity index (χ3n) is 3.38. The van der Waals surface area contributed by atoms with Crippen LogP contribution in [0.2, 0.25) is 0 Å². The van der Waals surface area contributed by atoms with E-state index in [9.17, 15) is 0 Å². The molecule has 0 unspecified atom stereocenters. The Morgan fingerprint density at radius 2 is 1.85 bits per heavy atom. The largest absolute Gasteiger partial charge is 0.378 e. The minimum Gasteiger partial charge on any atom is -0.378 e. The molecule has 0 spiro atoms. The lowest BCUT2D eigenvalue weighted by atomic mass is 10.2.